The smallest absolute Gasteiger partial charge is 0.236 e. The average molecular weight is 474 g/mol. The van der Waals surface area contributed by atoms with Crippen molar-refractivity contribution in [2.24, 2.45) is 0 Å². The molecule has 0 radical (unpaired) electrons. The third-order valence-electron chi connectivity index (χ3n) is 4.24. The van der Waals surface area contributed by atoms with Gasteiger partial charge in [-0.05, 0) is 36.8 Å². The summed E-state index contributed by atoms with van der Waals surface area (Å²) in [6.45, 7) is 2.79. The number of nitrogens with one attached hydrogen (secondary N) is 1. The molecule has 6 nitrogen and oxygen atoms in total. The van der Waals surface area contributed by atoms with E-state index in [2.05, 4.69) is 38.9 Å². The predicted molar refractivity (Wildman–Crippen MR) is 128 cm³/mol. The van der Waals surface area contributed by atoms with Gasteiger partial charge >= 0.3 is 0 Å². The van der Waals surface area contributed by atoms with Gasteiger partial charge in [-0.15, -0.1) is 44.6 Å². The first-order valence-corrected chi connectivity index (χ1v) is 13.1. The minimum atomic E-state index is -0.109. The van der Waals surface area contributed by atoms with Crippen molar-refractivity contribution in [3.05, 3.63) is 47.2 Å². The summed E-state index contributed by atoms with van der Waals surface area (Å²) < 4.78 is 2.03. The summed E-state index contributed by atoms with van der Waals surface area (Å²) in [4.78, 5) is 19.2. The highest BCUT2D eigenvalue weighted by atomic mass is 32.2. The summed E-state index contributed by atoms with van der Waals surface area (Å²) in [7, 11) is 0. The Morgan fingerprint density at radius 2 is 2.00 bits per heavy atom. The topological polar surface area (TPSA) is 72.7 Å². The van der Waals surface area contributed by atoms with Crippen molar-refractivity contribution in [1.29, 1.82) is 0 Å². The van der Waals surface area contributed by atoms with Crippen molar-refractivity contribution in [3.8, 4) is 22.0 Å². The number of hydrogen-bond donors (Lipinski definition) is 1. The number of carbonyl (C=O) groups is 1. The first-order chi connectivity index (χ1) is 14.7. The number of amides is 1. The van der Waals surface area contributed by atoms with Crippen molar-refractivity contribution in [2.75, 3.05) is 17.3 Å². The van der Waals surface area contributed by atoms with Crippen LogP contribution in [0.5, 0.6) is 0 Å². The van der Waals surface area contributed by atoms with Gasteiger partial charge in [0.1, 0.15) is 0 Å². The van der Waals surface area contributed by atoms with E-state index in [0.29, 0.717) is 5.13 Å². The molecular weight excluding hydrogens is 455 g/mol. The molecule has 0 aliphatic rings. The summed E-state index contributed by atoms with van der Waals surface area (Å²) in [6, 6.07) is 12.3. The number of anilines is 1. The zero-order chi connectivity index (χ0) is 20.9. The lowest BCUT2D eigenvalue weighted by Gasteiger charge is -2.06. The first kappa shape index (κ1) is 21.1. The van der Waals surface area contributed by atoms with E-state index in [1.54, 1.807) is 23.1 Å². The molecule has 4 rings (SSSR count). The summed E-state index contributed by atoms with van der Waals surface area (Å²) in [5, 5.41) is 16.8. The Hall–Kier alpha value is -2.14. The standard InChI is InChI=1S/C20H19N5OS4/c1-3-25-18(16-5-4-10-28-16)23-24-20(25)30-12-17(26)22-19-21-15(11-29-19)13-6-8-14(27-2)9-7-13/h4-11H,3,12H2,1-2H3,(H,21,22,26). The van der Waals surface area contributed by atoms with Crippen molar-refractivity contribution >= 4 is 57.2 Å². The number of aromatic nitrogens is 4. The van der Waals surface area contributed by atoms with Crippen LogP contribution in [0.25, 0.3) is 22.0 Å². The largest absolute Gasteiger partial charge is 0.302 e. The molecule has 0 unspecified atom stereocenters. The summed E-state index contributed by atoms with van der Waals surface area (Å²) >= 11 is 6.14. The van der Waals surface area contributed by atoms with Crippen LogP contribution < -0.4 is 5.32 Å². The molecule has 0 bridgehead atoms. The van der Waals surface area contributed by atoms with Crippen LogP contribution in [0.1, 0.15) is 6.92 Å². The van der Waals surface area contributed by atoms with Crippen LogP contribution in [0.3, 0.4) is 0 Å². The molecule has 0 saturated heterocycles. The van der Waals surface area contributed by atoms with E-state index in [4.69, 9.17) is 0 Å². The SMILES string of the molecule is CCn1c(SCC(=O)Nc2nc(-c3ccc(SC)cc3)cs2)nnc1-c1cccs1. The summed E-state index contributed by atoms with van der Waals surface area (Å²) in [5.41, 5.74) is 1.90. The van der Waals surface area contributed by atoms with Gasteiger partial charge in [0.25, 0.3) is 0 Å². The van der Waals surface area contributed by atoms with Crippen LogP contribution in [0, 0.1) is 0 Å². The molecule has 1 amide bonds. The Morgan fingerprint density at radius 3 is 2.70 bits per heavy atom. The number of thiophene rings is 1. The molecule has 1 N–H and O–H groups in total. The van der Waals surface area contributed by atoms with Crippen LogP contribution in [-0.4, -0.2) is 37.7 Å². The molecule has 4 aromatic rings. The van der Waals surface area contributed by atoms with Gasteiger partial charge in [-0.2, -0.15) is 0 Å². The lowest BCUT2D eigenvalue weighted by atomic mass is 10.2. The molecule has 0 spiro atoms. The van der Waals surface area contributed by atoms with Crippen LogP contribution in [0.4, 0.5) is 5.13 Å². The average Bonchev–Trinajstić information content (AvgIpc) is 3.52. The molecule has 0 fully saturated rings. The second-order valence-electron chi connectivity index (χ2n) is 6.13. The van der Waals surface area contributed by atoms with Gasteiger partial charge in [0, 0.05) is 22.4 Å². The minimum Gasteiger partial charge on any atom is -0.302 e. The van der Waals surface area contributed by atoms with E-state index in [1.807, 2.05) is 46.5 Å². The van der Waals surface area contributed by atoms with E-state index in [9.17, 15) is 4.79 Å². The van der Waals surface area contributed by atoms with Gasteiger partial charge < -0.3 is 9.88 Å². The van der Waals surface area contributed by atoms with Gasteiger partial charge in [0.05, 0.1) is 16.3 Å². The molecule has 10 heteroatoms. The molecule has 3 heterocycles. The van der Waals surface area contributed by atoms with Crippen molar-refractivity contribution in [1.82, 2.24) is 19.7 Å². The number of nitrogens with zero attached hydrogens (tertiary/aromatic N) is 4. The van der Waals surface area contributed by atoms with E-state index in [0.717, 1.165) is 33.7 Å². The molecule has 3 aromatic heterocycles. The molecule has 154 valence electrons. The molecule has 0 saturated carbocycles. The number of rotatable bonds is 8. The fourth-order valence-corrected chi connectivity index (χ4v) is 5.44. The minimum absolute atomic E-state index is 0.109. The number of hydrogen-bond acceptors (Lipinski definition) is 8. The Labute approximate surface area is 191 Å². The van der Waals surface area contributed by atoms with Gasteiger partial charge in [-0.1, -0.05) is 30.0 Å². The van der Waals surface area contributed by atoms with Gasteiger partial charge in [-0.25, -0.2) is 4.98 Å². The van der Waals surface area contributed by atoms with Crippen molar-refractivity contribution in [2.45, 2.75) is 23.5 Å². The Morgan fingerprint density at radius 1 is 1.17 bits per heavy atom. The molecule has 0 aliphatic heterocycles. The zero-order valence-electron chi connectivity index (χ0n) is 16.4. The number of carbonyl (C=O) groups excluding carboxylic acids is 1. The van der Waals surface area contributed by atoms with Crippen LogP contribution in [0.15, 0.2) is 57.2 Å². The Balaban J connectivity index is 1.37. The summed E-state index contributed by atoms with van der Waals surface area (Å²) in [5.74, 6) is 0.981. The fraction of sp³-hybridized carbons (Fsp3) is 0.200. The Kier molecular flexibility index (Phi) is 6.88. The zero-order valence-corrected chi connectivity index (χ0v) is 19.6. The fourth-order valence-electron chi connectivity index (χ4n) is 2.78. The third kappa shape index (κ3) is 4.77. The maximum absolute atomic E-state index is 12.4. The van der Waals surface area contributed by atoms with E-state index < -0.39 is 0 Å². The highest BCUT2D eigenvalue weighted by Gasteiger charge is 2.16. The van der Waals surface area contributed by atoms with Crippen LogP contribution in [0.2, 0.25) is 0 Å². The quantitative estimate of drug-likeness (QED) is 0.336. The number of thioether (sulfide) groups is 2. The monoisotopic (exact) mass is 473 g/mol. The molecular formula is C20H19N5OS4. The third-order valence-corrected chi connectivity index (χ3v) is 7.58. The molecule has 0 aliphatic carbocycles. The van der Waals surface area contributed by atoms with E-state index >= 15 is 0 Å². The molecule has 1 aromatic carbocycles. The van der Waals surface area contributed by atoms with Gasteiger partial charge in [-0.3, -0.25) is 4.79 Å². The number of benzene rings is 1. The lowest BCUT2D eigenvalue weighted by molar-refractivity contribution is -0.113. The maximum Gasteiger partial charge on any atom is 0.236 e. The van der Waals surface area contributed by atoms with E-state index in [-0.39, 0.29) is 11.7 Å². The highest BCUT2D eigenvalue weighted by molar-refractivity contribution is 7.99. The molecule has 30 heavy (non-hydrogen) atoms. The normalized spacial score (nSPS) is 11.0. The van der Waals surface area contributed by atoms with Crippen molar-refractivity contribution < 1.29 is 4.79 Å². The Bertz CT molecular complexity index is 1120. The van der Waals surface area contributed by atoms with Gasteiger partial charge in [0.2, 0.25) is 5.91 Å². The molecule has 0 atom stereocenters. The van der Waals surface area contributed by atoms with Crippen molar-refractivity contribution in [3.63, 3.8) is 0 Å². The summed E-state index contributed by atoms with van der Waals surface area (Å²) in [6.07, 6.45) is 2.05. The highest BCUT2D eigenvalue weighted by Crippen LogP contribution is 2.29. The first-order valence-electron chi connectivity index (χ1n) is 9.17. The maximum atomic E-state index is 12.4. The second-order valence-corrected chi connectivity index (χ2v) is 9.76. The van der Waals surface area contributed by atoms with Gasteiger partial charge in [0.15, 0.2) is 16.1 Å². The number of thiazole rings is 1. The predicted octanol–water partition coefficient (Wildman–Crippen LogP) is 5.60. The lowest BCUT2D eigenvalue weighted by Crippen LogP contribution is -2.14. The second kappa shape index (κ2) is 9.78. The van der Waals surface area contributed by atoms with E-state index in [1.165, 1.54) is 28.0 Å². The van der Waals surface area contributed by atoms with Crippen LogP contribution in [-0.2, 0) is 11.3 Å². The van der Waals surface area contributed by atoms with Crippen LogP contribution >= 0.6 is 46.2 Å².